The Kier molecular flexibility index (Phi) is 5.75. The lowest BCUT2D eigenvalue weighted by Crippen LogP contribution is -2.18. The number of hydrogen-bond donors (Lipinski definition) is 1. The lowest BCUT2D eigenvalue weighted by molar-refractivity contribution is -0.384. The molecule has 0 aliphatic heterocycles. The fraction of sp³-hybridized carbons (Fsp3) is 0.333. The minimum atomic E-state index is -0.447. The third-order valence-electron chi connectivity index (χ3n) is 2.94. The Balaban J connectivity index is 1.88. The summed E-state index contributed by atoms with van der Waals surface area (Å²) >= 11 is 1.33. The summed E-state index contributed by atoms with van der Waals surface area (Å²) in [6.45, 7) is 4.90. The Bertz CT molecular complexity index is 682. The zero-order chi connectivity index (χ0) is 16.8. The molecule has 0 fully saturated rings. The molecule has 0 saturated carbocycles. The Morgan fingerprint density at radius 3 is 2.65 bits per heavy atom. The molecule has 2 rings (SSSR count). The van der Waals surface area contributed by atoms with Crippen LogP contribution in [0.15, 0.2) is 41.4 Å². The topological polar surface area (TPSA) is 90.1 Å². The van der Waals surface area contributed by atoms with Gasteiger partial charge in [0.1, 0.15) is 5.82 Å². The van der Waals surface area contributed by atoms with Gasteiger partial charge in [0.25, 0.3) is 5.69 Å². The number of anilines is 1. The summed E-state index contributed by atoms with van der Waals surface area (Å²) in [5.41, 5.74) is 0.0383. The monoisotopic (exact) mass is 334 g/mol. The molecule has 0 saturated heterocycles. The molecule has 122 valence electrons. The molecule has 1 aromatic carbocycles. The van der Waals surface area contributed by atoms with Gasteiger partial charge in [0, 0.05) is 29.6 Å². The predicted molar refractivity (Wildman–Crippen MR) is 89.5 cm³/mol. The Labute approximate surface area is 138 Å². The summed E-state index contributed by atoms with van der Waals surface area (Å²) in [5, 5.41) is 17.6. The van der Waals surface area contributed by atoms with E-state index in [0.717, 1.165) is 11.4 Å². The quantitative estimate of drug-likeness (QED) is 0.477. The van der Waals surface area contributed by atoms with Gasteiger partial charge in [-0.25, -0.2) is 4.68 Å². The number of amides is 1. The molecule has 1 heterocycles. The number of non-ortho nitro benzene ring substituents is 1. The number of benzene rings is 1. The molecule has 7 nitrogen and oxygen atoms in total. The number of rotatable bonds is 7. The van der Waals surface area contributed by atoms with Gasteiger partial charge in [0.2, 0.25) is 5.91 Å². The van der Waals surface area contributed by atoms with Crippen LogP contribution in [0.1, 0.15) is 13.8 Å². The van der Waals surface area contributed by atoms with Crippen LogP contribution in [0.2, 0.25) is 0 Å². The Morgan fingerprint density at radius 1 is 1.35 bits per heavy atom. The lowest BCUT2D eigenvalue weighted by atomic mass is 10.2. The largest absolute Gasteiger partial charge is 0.310 e. The van der Waals surface area contributed by atoms with Gasteiger partial charge in [-0.3, -0.25) is 14.9 Å². The molecule has 0 aliphatic rings. The summed E-state index contributed by atoms with van der Waals surface area (Å²) in [7, 11) is 0. The minimum absolute atomic E-state index is 0.0383. The number of aromatic nitrogens is 2. The van der Waals surface area contributed by atoms with Crippen molar-refractivity contribution in [3.05, 3.63) is 46.6 Å². The van der Waals surface area contributed by atoms with Crippen LogP contribution in [-0.2, 0) is 11.3 Å². The highest BCUT2D eigenvalue weighted by atomic mass is 32.2. The fourth-order valence-electron chi connectivity index (χ4n) is 1.92. The van der Waals surface area contributed by atoms with Crippen LogP contribution >= 0.6 is 11.8 Å². The molecule has 0 atom stereocenters. The van der Waals surface area contributed by atoms with E-state index in [1.165, 1.54) is 23.9 Å². The molecular formula is C15H18N4O3S. The van der Waals surface area contributed by atoms with E-state index in [2.05, 4.69) is 24.3 Å². The van der Waals surface area contributed by atoms with Crippen molar-refractivity contribution in [3.63, 3.8) is 0 Å². The second-order valence-corrected chi connectivity index (χ2v) is 6.43. The zero-order valence-corrected chi connectivity index (χ0v) is 13.7. The molecule has 0 aliphatic carbocycles. The summed E-state index contributed by atoms with van der Waals surface area (Å²) < 4.78 is 1.76. The maximum absolute atomic E-state index is 12.0. The van der Waals surface area contributed by atoms with E-state index in [-0.39, 0.29) is 17.3 Å². The molecule has 1 aromatic heterocycles. The highest BCUT2D eigenvalue weighted by Gasteiger charge is 2.10. The molecule has 0 unspecified atom stereocenters. The molecule has 0 radical (unpaired) electrons. The highest BCUT2D eigenvalue weighted by molar-refractivity contribution is 8.00. The second kappa shape index (κ2) is 7.77. The number of nitro benzene ring substituents is 1. The van der Waals surface area contributed by atoms with Crippen LogP contribution in [0, 0.1) is 16.0 Å². The van der Waals surface area contributed by atoms with E-state index < -0.39 is 4.92 Å². The van der Waals surface area contributed by atoms with Gasteiger partial charge in [-0.1, -0.05) is 13.8 Å². The number of nitrogens with one attached hydrogen (secondary N) is 1. The summed E-state index contributed by atoms with van der Waals surface area (Å²) in [4.78, 5) is 23.0. The number of hydrogen-bond acceptors (Lipinski definition) is 5. The van der Waals surface area contributed by atoms with Crippen molar-refractivity contribution in [2.75, 3.05) is 11.1 Å². The first-order chi connectivity index (χ1) is 11.0. The van der Waals surface area contributed by atoms with E-state index in [0.29, 0.717) is 11.7 Å². The van der Waals surface area contributed by atoms with Crippen LogP contribution in [0.4, 0.5) is 11.5 Å². The molecular weight excluding hydrogens is 316 g/mol. The molecule has 8 heteroatoms. The van der Waals surface area contributed by atoms with E-state index in [4.69, 9.17) is 0 Å². The van der Waals surface area contributed by atoms with Crippen molar-refractivity contribution in [3.8, 4) is 0 Å². The van der Waals surface area contributed by atoms with Gasteiger partial charge in [-0.05, 0) is 18.1 Å². The van der Waals surface area contributed by atoms with Crippen molar-refractivity contribution >= 4 is 29.2 Å². The Hall–Kier alpha value is -2.35. The average molecular weight is 334 g/mol. The number of nitrogens with zero attached hydrogens (tertiary/aromatic N) is 3. The van der Waals surface area contributed by atoms with Crippen LogP contribution in [0.25, 0.3) is 0 Å². The number of nitro groups is 1. The maximum atomic E-state index is 12.0. The van der Waals surface area contributed by atoms with Crippen molar-refractivity contribution in [1.82, 2.24) is 9.78 Å². The molecule has 0 spiro atoms. The maximum Gasteiger partial charge on any atom is 0.269 e. The summed E-state index contributed by atoms with van der Waals surface area (Å²) in [6, 6.07) is 7.89. The Morgan fingerprint density at radius 2 is 2.04 bits per heavy atom. The second-order valence-electron chi connectivity index (χ2n) is 5.38. The van der Waals surface area contributed by atoms with Gasteiger partial charge in [0.05, 0.1) is 16.9 Å². The highest BCUT2D eigenvalue weighted by Crippen LogP contribution is 2.21. The standard InChI is InChI=1S/C15H18N4O3S/c1-11(2)9-18-14(7-8-16-18)17-15(20)10-23-13-5-3-12(4-6-13)19(21)22/h3-8,11H,9-10H2,1-2H3,(H,17,20). The van der Waals surface area contributed by atoms with E-state index in [9.17, 15) is 14.9 Å². The number of carbonyl (C=O) groups excluding carboxylic acids is 1. The van der Waals surface area contributed by atoms with E-state index in [1.54, 1.807) is 29.1 Å². The third-order valence-corrected chi connectivity index (χ3v) is 3.95. The molecule has 2 aromatic rings. The number of carbonyl (C=O) groups is 1. The van der Waals surface area contributed by atoms with E-state index >= 15 is 0 Å². The van der Waals surface area contributed by atoms with E-state index in [1.807, 2.05) is 0 Å². The van der Waals surface area contributed by atoms with Crippen LogP contribution in [-0.4, -0.2) is 26.4 Å². The third kappa shape index (κ3) is 5.10. The first-order valence-corrected chi connectivity index (χ1v) is 8.13. The smallest absolute Gasteiger partial charge is 0.269 e. The normalized spacial score (nSPS) is 10.7. The minimum Gasteiger partial charge on any atom is -0.310 e. The van der Waals surface area contributed by atoms with Crippen molar-refractivity contribution in [1.29, 1.82) is 0 Å². The van der Waals surface area contributed by atoms with Gasteiger partial charge in [-0.15, -0.1) is 11.8 Å². The first-order valence-electron chi connectivity index (χ1n) is 7.14. The zero-order valence-electron chi connectivity index (χ0n) is 12.9. The summed E-state index contributed by atoms with van der Waals surface area (Å²) in [5.74, 6) is 1.19. The average Bonchev–Trinajstić information content (AvgIpc) is 2.91. The van der Waals surface area contributed by atoms with Gasteiger partial charge in [-0.2, -0.15) is 5.10 Å². The van der Waals surface area contributed by atoms with Gasteiger partial charge in [0.15, 0.2) is 0 Å². The molecule has 0 bridgehead atoms. The molecule has 1 N–H and O–H groups in total. The molecule has 23 heavy (non-hydrogen) atoms. The van der Waals surface area contributed by atoms with Crippen LogP contribution < -0.4 is 5.32 Å². The first kappa shape index (κ1) is 17.0. The van der Waals surface area contributed by atoms with Crippen LogP contribution in [0.5, 0.6) is 0 Å². The van der Waals surface area contributed by atoms with Gasteiger partial charge >= 0.3 is 0 Å². The van der Waals surface area contributed by atoms with Crippen LogP contribution in [0.3, 0.4) is 0 Å². The fourth-order valence-corrected chi connectivity index (χ4v) is 2.62. The van der Waals surface area contributed by atoms with Crippen molar-refractivity contribution < 1.29 is 9.72 Å². The molecule has 1 amide bonds. The predicted octanol–water partition coefficient (Wildman–Crippen LogP) is 3.18. The van der Waals surface area contributed by atoms with Crippen molar-refractivity contribution in [2.24, 2.45) is 5.92 Å². The van der Waals surface area contributed by atoms with Crippen molar-refractivity contribution in [2.45, 2.75) is 25.3 Å². The SMILES string of the molecule is CC(C)Cn1nccc1NC(=O)CSc1ccc([N+](=O)[O-])cc1. The number of thioether (sulfide) groups is 1. The van der Waals surface area contributed by atoms with Gasteiger partial charge < -0.3 is 5.32 Å². The lowest BCUT2D eigenvalue weighted by Gasteiger charge is -2.10. The summed E-state index contributed by atoms with van der Waals surface area (Å²) in [6.07, 6.45) is 1.65.